The van der Waals surface area contributed by atoms with Crippen LogP contribution in [0.15, 0.2) is 30.3 Å². The van der Waals surface area contributed by atoms with Crippen LogP contribution in [0.25, 0.3) is 0 Å². The Morgan fingerprint density at radius 1 is 1.20 bits per heavy atom. The fourth-order valence-electron chi connectivity index (χ4n) is 3.79. The van der Waals surface area contributed by atoms with Gasteiger partial charge in [-0.3, -0.25) is 10.1 Å². The van der Waals surface area contributed by atoms with Crippen LogP contribution in [0.1, 0.15) is 37.7 Å². The molecule has 2 aliphatic heterocycles. The van der Waals surface area contributed by atoms with E-state index < -0.39 is 23.8 Å². The minimum Gasteiger partial charge on any atom is -0.381 e. The Kier molecular flexibility index (Phi) is 5.34. The lowest BCUT2D eigenvalue weighted by atomic mass is 9.90. The van der Waals surface area contributed by atoms with Crippen molar-refractivity contribution in [3.8, 4) is 0 Å². The summed E-state index contributed by atoms with van der Waals surface area (Å²) in [5.74, 6) is -0.420. The Morgan fingerprint density at radius 2 is 1.88 bits per heavy atom. The van der Waals surface area contributed by atoms with Crippen LogP contribution in [-0.4, -0.2) is 41.9 Å². The summed E-state index contributed by atoms with van der Waals surface area (Å²) in [6.07, 6.45) is -3.29. The minimum atomic E-state index is -4.42. The van der Waals surface area contributed by atoms with Crippen LogP contribution in [0.4, 0.5) is 13.2 Å². The molecule has 1 aromatic carbocycles. The second kappa shape index (κ2) is 7.33. The zero-order valence-corrected chi connectivity index (χ0v) is 14.0. The molecule has 0 aliphatic carbocycles. The number of nitrogens with zero attached hydrogens (tertiary/aromatic N) is 1. The highest BCUT2D eigenvalue weighted by Gasteiger charge is 2.54. The Labute approximate surface area is 145 Å². The van der Waals surface area contributed by atoms with Crippen LogP contribution >= 0.6 is 0 Å². The summed E-state index contributed by atoms with van der Waals surface area (Å²) >= 11 is 0. The molecule has 138 valence electrons. The fraction of sp³-hybridized carbons (Fsp3) is 0.611. The maximum absolute atomic E-state index is 13.6. The van der Waals surface area contributed by atoms with Gasteiger partial charge in [-0.15, -0.1) is 0 Å². The molecule has 1 unspecified atom stereocenters. The van der Waals surface area contributed by atoms with Crippen LogP contribution in [-0.2, 0) is 16.1 Å². The molecule has 0 radical (unpaired) electrons. The minimum absolute atomic E-state index is 0.0368. The number of alkyl halides is 3. The Morgan fingerprint density at radius 3 is 2.52 bits per heavy atom. The highest BCUT2D eigenvalue weighted by molar-refractivity contribution is 5.78. The maximum Gasteiger partial charge on any atom is 0.408 e. The van der Waals surface area contributed by atoms with Gasteiger partial charge >= 0.3 is 6.18 Å². The van der Waals surface area contributed by atoms with Crippen molar-refractivity contribution in [1.82, 2.24) is 10.2 Å². The molecule has 0 saturated carbocycles. The molecule has 2 fully saturated rings. The third-order valence-electron chi connectivity index (χ3n) is 5.07. The number of likely N-dealkylation sites (tertiary alicyclic amines) is 1. The zero-order chi connectivity index (χ0) is 17.9. The number of carbonyl (C=O) groups excluding carboxylic acids is 1. The summed E-state index contributed by atoms with van der Waals surface area (Å²) < 4.78 is 46.2. The predicted molar refractivity (Wildman–Crippen MR) is 86.6 cm³/mol. The van der Waals surface area contributed by atoms with Gasteiger partial charge in [0.05, 0.1) is 18.9 Å². The average molecular weight is 356 g/mol. The molecule has 25 heavy (non-hydrogen) atoms. The summed E-state index contributed by atoms with van der Waals surface area (Å²) in [5.41, 5.74) is -0.0346. The summed E-state index contributed by atoms with van der Waals surface area (Å²) in [4.78, 5) is 13.6. The molecule has 0 bridgehead atoms. The highest BCUT2D eigenvalue weighted by atomic mass is 19.4. The number of ether oxygens (including phenoxy) is 1. The van der Waals surface area contributed by atoms with Crippen LogP contribution in [0.5, 0.6) is 0 Å². The van der Waals surface area contributed by atoms with E-state index in [2.05, 4.69) is 5.32 Å². The van der Waals surface area contributed by atoms with Crippen molar-refractivity contribution in [3.05, 3.63) is 35.9 Å². The third-order valence-corrected chi connectivity index (χ3v) is 5.07. The zero-order valence-electron chi connectivity index (χ0n) is 14.0. The summed E-state index contributed by atoms with van der Waals surface area (Å²) in [5, 5.41) is 3.28. The molecule has 3 rings (SSSR count). The van der Waals surface area contributed by atoms with Crippen LogP contribution in [0.3, 0.4) is 0 Å². The summed E-state index contributed by atoms with van der Waals surface area (Å²) in [7, 11) is 0. The van der Waals surface area contributed by atoms with Gasteiger partial charge in [-0.1, -0.05) is 30.3 Å². The molecule has 0 aromatic heterocycles. The molecule has 2 heterocycles. The van der Waals surface area contributed by atoms with Gasteiger partial charge in [0.15, 0.2) is 0 Å². The number of amides is 1. The maximum atomic E-state index is 13.6. The lowest BCUT2D eigenvalue weighted by molar-refractivity contribution is -0.220. The molecule has 1 atom stereocenters. The Hall–Kier alpha value is -1.60. The van der Waals surface area contributed by atoms with E-state index in [9.17, 15) is 18.0 Å². The molecule has 2 saturated heterocycles. The van der Waals surface area contributed by atoms with Gasteiger partial charge in [-0.2, -0.15) is 13.2 Å². The van der Waals surface area contributed by atoms with Crippen molar-refractivity contribution < 1.29 is 22.7 Å². The van der Waals surface area contributed by atoms with E-state index in [0.29, 0.717) is 32.6 Å². The molecule has 1 aromatic rings. The predicted octanol–water partition coefficient (Wildman–Crippen LogP) is 3.23. The van der Waals surface area contributed by atoms with Gasteiger partial charge in [0.25, 0.3) is 0 Å². The topological polar surface area (TPSA) is 41.6 Å². The second-order valence-electron chi connectivity index (χ2n) is 6.70. The second-order valence-corrected chi connectivity index (χ2v) is 6.70. The lowest BCUT2D eigenvalue weighted by Crippen LogP contribution is -2.69. The van der Waals surface area contributed by atoms with Crippen molar-refractivity contribution >= 4 is 5.91 Å². The lowest BCUT2D eigenvalue weighted by Gasteiger charge is -2.52. The van der Waals surface area contributed by atoms with E-state index in [1.165, 1.54) is 0 Å². The quantitative estimate of drug-likeness (QED) is 0.901. The Balaban J connectivity index is 1.88. The van der Waals surface area contributed by atoms with Crippen LogP contribution in [0, 0.1) is 0 Å². The van der Waals surface area contributed by atoms with Crippen molar-refractivity contribution in [2.24, 2.45) is 0 Å². The molecule has 0 spiro atoms. The number of rotatable bonds is 4. The van der Waals surface area contributed by atoms with Gasteiger partial charge in [0, 0.05) is 25.8 Å². The number of halogens is 3. The van der Waals surface area contributed by atoms with E-state index >= 15 is 0 Å². The number of hydrogen-bond acceptors (Lipinski definition) is 3. The van der Waals surface area contributed by atoms with Gasteiger partial charge in [-0.05, 0) is 18.4 Å². The van der Waals surface area contributed by atoms with Gasteiger partial charge in [0.2, 0.25) is 5.91 Å². The van der Waals surface area contributed by atoms with Crippen LogP contribution < -0.4 is 5.32 Å². The largest absolute Gasteiger partial charge is 0.408 e. The SMILES string of the molecule is O=C1CCCC(C(F)(F)F)N1C1(NCc2ccccc2)CCOCC1. The average Bonchev–Trinajstić information content (AvgIpc) is 2.61. The number of carbonyl (C=O) groups is 1. The van der Waals surface area contributed by atoms with Crippen molar-refractivity contribution in [2.45, 2.75) is 56.5 Å². The summed E-state index contributed by atoms with van der Waals surface area (Å²) in [6.45, 7) is 1.10. The molecule has 1 N–H and O–H groups in total. The number of hydrogen-bond donors (Lipinski definition) is 1. The van der Waals surface area contributed by atoms with Crippen molar-refractivity contribution in [2.75, 3.05) is 13.2 Å². The molecule has 4 nitrogen and oxygen atoms in total. The first-order valence-corrected chi connectivity index (χ1v) is 8.68. The first-order chi connectivity index (χ1) is 11.9. The monoisotopic (exact) mass is 356 g/mol. The van der Waals surface area contributed by atoms with E-state index in [0.717, 1.165) is 10.5 Å². The fourth-order valence-corrected chi connectivity index (χ4v) is 3.79. The summed E-state index contributed by atoms with van der Waals surface area (Å²) in [6, 6.07) is 7.77. The Bertz CT molecular complexity index is 586. The van der Waals surface area contributed by atoms with Gasteiger partial charge < -0.3 is 9.64 Å². The van der Waals surface area contributed by atoms with Crippen LogP contribution in [0.2, 0.25) is 0 Å². The standard InChI is InChI=1S/C18H23F3N2O2/c19-18(20,21)15-7-4-8-16(24)23(15)17(9-11-25-12-10-17)22-13-14-5-2-1-3-6-14/h1-3,5-6,15,22H,4,7-13H2. The van der Waals surface area contributed by atoms with Gasteiger partial charge in [0.1, 0.15) is 6.04 Å². The first kappa shape index (κ1) is 18.2. The molecular weight excluding hydrogens is 333 g/mol. The van der Waals surface area contributed by atoms with Crippen molar-refractivity contribution in [3.63, 3.8) is 0 Å². The number of nitrogens with one attached hydrogen (secondary N) is 1. The van der Waals surface area contributed by atoms with Crippen molar-refractivity contribution in [1.29, 1.82) is 0 Å². The smallest absolute Gasteiger partial charge is 0.381 e. The van der Waals surface area contributed by atoms with Gasteiger partial charge in [-0.25, -0.2) is 0 Å². The third kappa shape index (κ3) is 3.98. The normalized spacial score (nSPS) is 24.4. The molecular formula is C18H23F3N2O2. The molecule has 7 heteroatoms. The van der Waals surface area contributed by atoms with E-state index in [4.69, 9.17) is 4.74 Å². The number of benzene rings is 1. The first-order valence-electron chi connectivity index (χ1n) is 8.68. The van der Waals surface area contributed by atoms with E-state index in [1.54, 1.807) is 0 Å². The van der Waals surface area contributed by atoms with E-state index in [-0.39, 0.29) is 19.3 Å². The van der Waals surface area contributed by atoms with E-state index in [1.807, 2.05) is 30.3 Å². The number of piperidine rings is 1. The molecule has 2 aliphatic rings. The highest BCUT2D eigenvalue weighted by Crippen LogP contribution is 2.39. The molecule has 1 amide bonds.